The summed E-state index contributed by atoms with van der Waals surface area (Å²) in [4.78, 5) is 6.36. The molecule has 136 valence electrons. The number of hydrogen-bond donors (Lipinski definition) is 1. The van der Waals surface area contributed by atoms with Crippen molar-refractivity contribution in [1.82, 2.24) is 15.4 Å². The number of aromatic nitrogens is 1. The number of rotatable bonds is 5. The number of nitrogens with zero attached hydrogens (tertiary/aromatic N) is 3. The Hall–Kier alpha value is -1.64. The quantitative estimate of drug-likeness (QED) is 0.423. The van der Waals surface area contributed by atoms with E-state index in [9.17, 15) is 4.39 Å². The highest BCUT2D eigenvalue weighted by molar-refractivity contribution is 14.0. The van der Waals surface area contributed by atoms with Gasteiger partial charge in [-0.1, -0.05) is 23.7 Å². The topological polar surface area (TPSA) is 53.7 Å². The Kier molecular flexibility index (Phi) is 6.80. The summed E-state index contributed by atoms with van der Waals surface area (Å²) < 4.78 is 18.1. The first-order valence-electron chi connectivity index (χ1n) is 8.20. The van der Waals surface area contributed by atoms with Crippen molar-refractivity contribution in [3.8, 4) is 0 Å². The van der Waals surface area contributed by atoms with Crippen LogP contribution in [0.4, 0.5) is 4.39 Å². The third kappa shape index (κ3) is 4.50. The summed E-state index contributed by atoms with van der Waals surface area (Å²) in [5.41, 5.74) is 2.12. The summed E-state index contributed by atoms with van der Waals surface area (Å²) in [5.74, 6) is 0.621. The highest BCUT2D eigenvalue weighted by Gasteiger charge is 2.38. The molecule has 1 saturated carbocycles. The van der Waals surface area contributed by atoms with Gasteiger partial charge in [0.1, 0.15) is 17.8 Å². The lowest BCUT2D eigenvalue weighted by Crippen LogP contribution is -2.49. The molecule has 1 aliphatic rings. The third-order valence-electron chi connectivity index (χ3n) is 4.82. The zero-order chi connectivity index (χ0) is 17.0. The number of hydrogen-bond acceptors (Lipinski definition) is 3. The van der Waals surface area contributed by atoms with Gasteiger partial charge in [0.05, 0.1) is 6.54 Å². The van der Waals surface area contributed by atoms with Crippen LogP contribution in [0, 0.1) is 5.82 Å². The molecule has 0 saturated heterocycles. The second-order valence-electron chi connectivity index (χ2n) is 6.39. The molecule has 25 heavy (non-hydrogen) atoms. The number of benzene rings is 1. The largest absolute Gasteiger partial charge is 0.364 e. The summed E-state index contributed by atoms with van der Waals surface area (Å²) in [6.45, 7) is 1.41. The average molecular weight is 458 g/mol. The van der Waals surface area contributed by atoms with Gasteiger partial charge in [0.15, 0.2) is 5.96 Å². The van der Waals surface area contributed by atoms with E-state index in [1.54, 1.807) is 25.4 Å². The minimum Gasteiger partial charge on any atom is -0.364 e. The summed E-state index contributed by atoms with van der Waals surface area (Å²) >= 11 is 0. The molecule has 2 aromatic rings. The average Bonchev–Trinajstić information content (AvgIpc) is 3.04. The second kappa shape index (κ2) is 8.64. The van der Waals surface area contributed by atoms with E-state index in [4.69, 9.17) is 4.52 Å². The summed E-state index contributed by atoms with van der Waals surface area (Å²) in [5, 5.41) is 7.39. The van der Waals surface area contributed by atoms with Crippen molar-refractivity contribution in [2.24, 2.45) is 4.99 Å². The zero-order valence-corrected chi connectivity index (χ0v) is 16.9. The molecule has 3 rings (SSSR count). The van der Waals surface area contributed by atoms with Crippen LogP contribution in [0.1, 0.15) is 30.5 Å². The normalized spacial score (nSPS) is 15.9. The first kappa shape index (κ1) is 19.7. The molecule has 0 amide bonds. The molecule has 0 spiro atoms. The number of nitrogens with one attached hydrogen (secondary N) is 1. The van der Waals surface area contributed by atoms with Gasteiger partial charge in [-0.15, -0.1) is 24.0 Å². The summed E-state index contributed by atoms with van der Waals surface area (Å²) in [7, 11) is 3.74. The molecule has 0 unspecified atom stereocenters. The molecule has 0 aliphatic heterocycles. The van der Waals surface area contributed by atoms with Gasteiger partial charge < -0.3 is 14.7 Å². The molecule has 1 N–H and O–H groups in total. The Morgan fingerprint density at radius 2 is 2.04 bits per heavy atom. The van der Waals surface area contributed by atoms with Crippen molar-refractivity contribution in [2.75, 3.05) is 20.6 Å². The predicted molar refractivity (Wildman–Crippen MR) is 107 cm³/mol. The molecular weight excluding hydrogens is 434 g/mol. The Bertz CT molecular complexity index is 684. The lowest BCUT2D eigenvalue weighted by Gasteiger charge is -2.43. The fraction of sp³-hybridized carbons (Fsp3) is 0.444. The molecule has 1 aromatic heterocycles. The second-order valence-corrected chi connectivity index (χ2v) is 6.39. The monoisotopic (exact) mass is 458 g/mol. The van der Waals surface area contributed by atoms with Gasteiger partial charge in [-0.2, -0.15) is 0 Å². The first-order chi connectivity index (χ1) is 11.6. The van der Waals surface area contributed by atoms with Gasteiger partial charge in [0, 0.05) is 32.1 Å². The van der Waals surface area contributed by atoms with E-state index in [0.29, 0.717) is 6.54 Å². The Morgan fingerprint density at radius 1 is 1.32 bits per heavy atom. The lowest BCUT2D eigenvalue weighted by molar-refractivity contribution is 0.241. The maximum atomic E-state index is 13.2. The van der Waals surface area contributed by atoms with E-state index in [1.165, 1.54) is 12.0 Å². The van der Waals surface area contributed by atoms with Crippen LogP contribution >= 0.6 is 24.0 Å². The van der Waals surface area contributed by atoms with Crippen molar-refractivity contribution in [3.63, 3.8) is 0 Å². The lowest BCUT2D eigenvalue weighted by atomic mass is 9.64. The zero-order valence-electron chi connectivity index (χ0n) is 14.5. The van der Waals surface area contributed by atoms with Crippen LogP contribution in [0.2, 0.25) is 0 Å². The van der Waals surface area contributed by atoms with Gasteiger partial charge in [-0.3, -0.25) is 4.99 Å². The molecular formula is C18H24FIN4O. The van der Waals surface area contributed by atoms with Crippen LogP contribution in [0.15, 0.2) is 46.1 Å². The minimum absolute atomic E-state index is 0. The maximum Gasteiger partial charge on any atom is 0.193 e. The van der Waals surface area contributed by atoms with Crippen LogP contribution in [-0.2, 0) is 12.0 Å². The summed E-state index contributed by atoms with van der Waals surface area (Å²) in [6, 6.07) is 8.73. The van der Waals surface area contributed by atoms with Gasteiger partial charge in [0.2, 0.25) is 0 Å². The van der Waals surface area contributed by atoms with Crippen molar-refractivity contribution < 1.29 is 8.91 Å². The van der Waals surface area contributed by atoms with E-state index < -0.39 is 0 Å². The van der Waals surface area contributed by atoms with Gasteiger partial charge in [0.25, 0.3) is 0 Å². The van der Waals surface area contributed by atoms with Gasteiger partial charge in [-0.25, -0.2) is 4.39 Å². The van der Waals surface area contributed by atoms with E-state index in [0.717, 1.165) is 31.0 Å². The molecule has 1 fully saturated rings. The third-order valence-corrected chi connectivity index (χ3v) is 4.82. The van der Waals surface area contributed by atoms with Crippen molar-refractivity contribution in [2.45, 2.75) is 31.2 Å². The Morgan fingerprint density at radius 3 is 2.56 bits per heavy atom. The van der Waals surface area contributed by atoms with Crippen molar-refractivity contribution in [3.05, 3.63) is 53.7 Å². The Labute approximate surface area is 164 Å². The van der Waals surface area contributed by atoms with Crippen LogP contribution in [0.5, 0.6) is 0 Å². The van der Waals surface area contributed by atoms with Crippen molar-refractivity contribution >= 4 is 29.9 Å². The number of halogens is 2. The number of guanidine groups is 1. The van der Waals surface area contributed by atoms with E-state index in [1.807, 2.05) is 30.1 Å². The highest BCUT2D eigenvalue weighted by atomic mass is 127. The minimum atomic E-state index is -0.190. The predicted octanol–water partition coefficient (Wildman–Crippen LogP) is 3.56. The molecule has 1 aliphatic carbocycles. The molecule has 0 radical (unpaired) electrons. The van der Waals surface area contributed by atoms with Gasteiger partial charge in [-0.05, 0) is 30.5 Å². The molecule has 7 heteroatoms. The van der Waals surface area contributed by atoms with Crippen LogP contribution < -0.4 is 5.32 Å². The van der Waals surface area contributed by atoms with Crippen molar-refractivity contribution in [1.29, 1.82) is 0 Å². The van der Waals surface area contributed by atoms with Crippen LogP contribution in [0.3, 0.4) is 0 Å². The van der Waals surface area contributed by atoms with E-state index >= 15 is 0 Å². The Balaban J connectivity index is 0.00000225. The first-order valence-corrected chi connectivity index (χ1v) is 8.20. The van der Waals surface area contributed by atoms with E-state index in [-0.39, 0.29) is 35.2 Å². The van der Waals surface area contributed by atoms with Crippen LogP contribution in [-0.4, -0.2) is 36.7 Å². The SMILES string of the molecule is CN=C(NCC1(c2ccc(F)cc2)CCC1)N(C)Cc1ccon1.I. The molecule has 1 aromatic carbocycles. The smallest absolute Gasteiger partial charge is 0.193 e. The highest BCUT2D eigenvalue weighted by Crippen LogP contribution is 2.43. The van der Waals surface area contributed by atoms with E-state index in [2.05, 4.69) is 15.5 Å². The van der Waals surface area contributed by atoms with Crippen LogP contribution in [0.25, 0.3) is 0 Å². The maximum absolute atomic E-state index is 13.2. The fourth-order valence-corrected chi connectivity index (χ4v) is 3.24. The molecule has 5 nitrogen and oxygen atoms in total. The standard InChI is InChI=1S/C18H23FN4O.HI/c1-20-17(23(2)12-16-8-11-24-22-16)21-13-18(9-3-10-18)14-4-6-15(19)7-5-14;/h4-8,11H,3,9-10,12-13H2,1-2H3,(H,20,21);1H. The summed E-state index contributed by atoms with van der Waals surface area (Å²) in [6.07, 6.45) is 4.98. The number of aliphatic imine (C=N–C) groups is 1. The fourth-order valence-electron chi connectivity index (χ4n) is 3.24. The van der Waals surface area contributed by atoms with Gasteiger partial charge >= 0.3 is 0 Å². The molecule has 1 heterocycles. The molecule has 0 atom stereocenters. The molecule has 0 bridgehead atoms.